The molecule has 0 radical (unpaired) electrons. The van der Waals surface area contributed by atoms with E-state index in [2.05, 4.69) is 9.97 Å². The number of aromatic hydroxyl groups is 1. The van der Waals surface area contributed by atoms with Gasteiger partial charge in [-0.15, -0.1) is 0 Å². The summed E-state index contributed by atoms with van der Waals surface area (Å²) < 4.78 is 1.62. The molecular weight excluding hydrogens is 154 g/mol. The van der Waals surface area contributed by atoms with E-state index in [9.17, 15) is 5.11 Å². The van der Waals surface area contributed by atoms with Gasteiger partial charge in [-0.3, -0.25) is 9.38 Å². The molecule has 2 aromatic rings. The highest BCUT2D eigenvalue weighted by Crippen LogP contribution is 2.17. The van der Waals surface area contributed by atoms with E-state index in [0.29, 0.717) is 11.3 Å². The van der Waals surface area contributed by atoms with Gasteiger partial charge in [-0.2, -0.15) is 0 Å². The number of hydrogen-bond donors (Lipinski definition) is 1. The Kier molecular flexibility index (Phi) is 1.30. The zero-order valence-corrected chi connectivity index (χ0v) is 6.94. The van der Waals surface area contributed by atoms with Crippen molar-refractivity contribution >= 4 is 5.65 Å². The molecule has 4 heteroatoms. The minimum atomic E-state index is 0.190. The van der Waals surface area contributed by atoms with Crippen molar-refractivity contribution in [2.75, 3.05) is 0 Å². The van der Waals surface area contributed by atoms with E-state index in [1.165, 1.54) is 0 Å². The summed E-state index contributed by atoms with van der Waals surface area (Å²) in [5.74, 6) is 0.190. The lowest BCUT2D eigenvalue weighted by Gasteiger charge is -1.95. The van der Waals surface area contributed by atoms with Crippen LogP contribution in [0.5, 0.6) is 5.88 Å². The number of imidazole rings is 1. The maximum atomic E-state index is 9.50. The maximum Gasteiger partial charge on any atom is 0.219 e. The number of aromatic nitrogens is 3. The van der Waals surface area contributed by atoms with Crippen LogP contribution in [0.3, 0.4) is 0 Å². The van der Waals surface area contributed by atoms with Crippen LogP contribution < -0.4 is 0 Å². The van der Waals surface area contributed by atoms with E-state index < -0.39 is 0 Å². The Hall–Kier alpha value is -1.58. The summed E-state index contributed by atoms with van der Waals surface area (Å²) in [4.78, 5) is 8.17. The van der Waals surface area contributed by atoms with Crippen LogP contribution in [0.25, 0.3) is 5.65 Å². The second-order valence-electron chi connectivity index (χ2n) is 2.78. The number of fused-ring (bicyclic) bond motifs is 1. The molecule has 2 rings (SSSR count). The van der Waals surface area contributed by atoms with Crippen LogP contribution in [0, 0.1) is 13.8 Å². The van der Waals surface area contributed by atoms with E-state index in [1.54, 1.807) is 23.7 Å². The zero-order chi connectivity index (χ0) is 8.72. The van der Waals surface area contributed by atoms with Crippen LogP contribution in [-0.4, -0.2) is 19.5 Å². The predicted molar refractivity (Wildman–Crippen MR) is 44.1 cm³/mol. The van der Waals surface area contributed by atoms with Gasteiger partial charge in [0.2, 0.25) is 5.88 Å². The predicted octanol–water partition coefficient (Wildman–Crippen LogP) is 1.05. The Morgan fingerprint density at radius 2 is 2.17 bits per heavy atom. The second-order valence-corrected chi connectivity index (χ2v) is 2.78. The van der Waals surface area contributed by atoms with Gasteiger partial charge in [0.1, 0.15) is 5.69 Å². The van der Waals surface area contributed by atoms with Crippen molar-refractivity contribution < 1.29 is 5.11 Å². The molecule has 0 aliphatic carbocycles. The first kappa shape index (κ1) is 7.09. The number of nitrogens with zero attached hydrogens (tertiary/aromatic N) is 3. The Morgan fingerprint density at radius 1 is 1.42 bits per heavy atom. The minimum absolute atomic E-state index is 0.190. The first-order valence-corrected chi connectivity index (χ1v) is 3.69. The average Bonchev–Trinajstić information content (AvgIpc) is 2.31. The van der Waals surface area contributed by atoms with Gasteiger partial charge < -0.3 is 5.11 Å². The third-order valence-corrected chi connectivity index (χ3v) is 1.78. The van der Waals surface area contributed by atoms with Crippen LogP contribution >= 0.6 is 0 Å². The van der Waals surface area contributed by atoms with Gasteiger partial charge in [0, 0.05) is 6.20 Å². The van der Waals surface area contributed by atoms with Gasteiger partial charge in [-0.25, -0.2) is 4.98 Å². The molecule has 0 amide bonds. The third kappa shape index (κ3) is 0.845. The SMILES string of the molecule is Cc1cn2c(O)c(C)nc2cn1. The molecule has 4 nitrogen and oxygen atoms in total. The average molecular weight is 163 g/mol. The van der Waals surface area contributed by atoms with Crippen molar-refractivity contribution in [3.8, 4) is 5.88 Å². The Morgan fingerprint density at radius 3 is 2.92 bits per heavy atom. The topological polar surface area (TPSA) is 50.4 Å². The molecule has 2 heterocycles. The fourth-order valence-corrected chi connectivity index (χ4v) is 1.16. The van der Waals surface area contributed by atoms with E-state index in [0.717, 1.165) is 5.69 Å². The van der Waals surface area contributed by atoms with E-state index in [4.69, 9.17) is 0 Å². The fraction of sp³-hybridized carbons (Fsp3) is 0.250. The number of rotatable bonds is 0. The van der Waals surface area contributed by atoms with Crippen LogP contribution in [0.4, 0.5) is 0 Å². The number of aryl methyl sites for hydroxylation is 2. The van der Waals surface area contributed by atoms with Gasteiger partial charge in [0.25, 0.3) is 0 Å². The molecule has 1 N–H and O–H groups in total. The lowest BCUT2D eigenvalue weighted by Crippen LogP contribution is -1.88. The van der Waals surface area contributed by atoms with Gasteiger partial charge in [-0.1, -0.05) is 0 Å². The van der Waals surface area contributed by atoms with Crippen LogP contribution in [0.1, 0.15) is 11.4 Å². The van der Waals surface area contributed by atoms with E-state index >= 15 is 0 Å². The van der Waals surface area contributed by atoms with Crippen LogP contribution in [0.2, 0.25) is 0 Å². The van der Waals surface area contributed by atoms with Crippen molar-refractivity contribution in [3.05, 3.63) is 23.8 Å². The van der Waals surface area contributed by atoms with Gasteiger partial charge >= 0.3 is 0 Å². The molecule has 0 fully saturated rings. The Balaban J connectivity index is 2.88. The van der Waals surface area contributed by atoms with Gasteiger partial charge in [0.15, 0.2) is 5.65 Å². The Bertz CT molecular complexity index is 433. The molecule has 0 aliphatic heterocycles. The van der Waals surface area contributed by atoms with Crippen LogP contribution in [0.15, 0.2) is 12.4 Å². The summed E-state index contributed by atoms with van der Waals surface area (Å²) in [5, 5.41) is 9.50. The van der Waals surface area contributed by atoms with E-state index in [1.807, 2.05) is 6.92 Å². The van der Waals surface area contributed by atoms with Crippen molar-refractivity contribution in [2.45, 2.75) is 13.8 Å². The molecule has 0 aromatic carbocycles. The molecular formula is C8H9N3O. The summed E-state index contributed by atoms with van der Waals surface area (Å²) in [7, 11) is 0. The molecule has 0 atom stereocenters. The lowest BCUT2D eigenvalue weighted by molar-refractivity contribution is 0.443. The first-order valence-electron chi connectivity index (χ1n) is 3.69. The summed E-state index contributed by atoms with van der Waals surface area (Å²) in [6.45, 7) is 3.63. The minimum Gasteiger partial charge on any atom is -0.493 e. The highest BCUT2D eigenvalue weighted by atomic mass is 16.3. The molecule has 0 unspecified atom stereocenters. The van der Waals surface area contributed by atoms with Crippen LogP contribution in [-0.2, 0) is 0 Å². The zero-order valence-electron chi connectivity index (χ0n) is 6.94. The maximum absolute atomic E-state index is 9.50. The van der Waals surface area contributed by atoms with Crippen molar-refractivity contribution in [1.29, 1.82) is 0 Å². The summed E-state index contributed by atoms with van der Waals surface area (Å²) in [5.41, 5.74) is 2.16. The Labute approximate surface area is 69.5 Å². The number of hydrogen-bond acceptors (Lipinski definition) is 3. The molecule has 12 heavy (non-hydrogen) atoms. The molecule has 0 aliphatic rings. The molecule has 0 spiro atoms. The molecule has 2 aromatic heterocycles. The van der Waals surface area contributed by atoms with Gasteiger partial charge in [-0.05, 0) is 13.8 Å². The first-order chi connectivity index (χ1) is 5.68. The highest BCUT2D eigenvalue weighted by Gasteiger charge is 2.05. The summed E-state index contributed by atoms with van der Waals surface area (Å²) in [6.07, 6.45) is 3.40. The molecule has 0 saturated heterocycles. The summed E-state index contributed by atoms with van der Waals surface area (Å²) in [6, 6.07) is 0. The molecule has 62 valence electrons. The highest BCUT2D eigenvalue weighted by molar-refractivity contribution is 5.43. The van der Waals surface area contributed by atoms with Crippen molar-refractivity contribution in [1.82, 2.24) is 14.4 Å². The second kappa shape index (κ2) is 2.20. The van der Waals surface area contributed by atoms with E-state index in [-0.39, 0.29) is 5.88 Å². The van der Waals surface area contributed by atoms with Crippen molar-refractivity contribution in [2.24, 2.45) is 0 Å². The van der Waals surface area contributed by atoms with Gasteiger partial charge in [0.05, 0.1) is 11.9 Å². The largest absolute Gasteiger partial charge is 0.493 e. The lowest BCUT2D eigenvalue weighted by atomic mass is 10.5. The third-order valence-electron chi connectivity index (χ3n) is 1.78. The molecule has 0 bridgehead atoms. The molecule has 0 saturated carbocycles. The quantitative estimate of drug-likeness (QED) is 0.631. The standard InChI is InChI=1S/C8H9N3O/c1-5-4-11-7(3-9-5)10-6(2)8(11)12/h3-4,12H,1-2H3. The monoisotopic (exact) mass is 163 g/mol. The normalized spacial score (nSPS) is 10.8. The fourth-order valence-electron chi connectivity index (χ4n) is 1.16. The smallest absolute Gasteiger partial charge is 0.219 e. The van der Waals surface area contributed by atoms with Crippen molar-refractivity contribution in [3.63, 3.8) is 0 Å². The summed E-state index contributed by atoms with van der Waals surface area (Å²) >= 11 is 0.